The predicted octanol–water partition coefficient (Wildman–Crippen LogP) is 5.14. The van der Waals surface area contributed by atoms with E-state index in [0.717, 1.165) is 11.4 Å². The molecule has 6 nitrogen and oxygen atoms in total. The Morgan fingerprint density at radius 3 is 2.29 bits per heavy atom. The Labute approximate surface area is 162 Å². The first-order chi connectivity index (χ1) is 13.8. The van der Waals surface area contributed by atoms with E-state index >= 15 is 0 Å². The van der Waals surface area contributed by atoms with Gasteiger partial charge in [-0.3, -0.25) is 5.43 Å². The van der Waals surface area contributed by atoms with Crippen molar-refractivity contribution in [1.82, 2.24) is 9.66 Å². The second-order valence-electron chi connectivity index (χ2n) is 6.17. The standard InChI is InChI=1S/C22H19N5O/c1-2-21-23-20-16-10-9-15-19(20)22(28)26(21)25-27(18-13-7-4-8-14-18)24-17-11-5-3-6-12-17/h3-16H,2H2,1H3. The van der Waals surface area contributed by atoms with E-state index in [-0.39, 0.29) is 5.56 Å². The largest absolute Gasteiger partial charge is 0.351 e. The third-order valence-electron chi connectivity index (χ3n) is 4.26. The summed E-state index contributed by atoms with van der Waals surface area (Å²) in [5, 5.41) is 5.08. The molecule has 4 aromatic rings. The molecule has 138 valence electrons. The second kappa shape index (κ2) is 7.84. The van der Waals surface area contributed by atoms with Crippen LogP contribution in [0, 0.1) is 0 Å². The summed E-state index contributed by atoms with van der Waals surface area (Å²) in [5.41, 5.74) is 6.53. The zero-order chi connectivity index (χ0) is 19.3. The Bertz CT molecular complexity index is 1180. The van der Waals surface area contributed by atoms with Crippen LogP contribution in [0.3, 0.4) is 0 Å². The number of nitrogens with zero attached hydrogens (tertiary/aromatic N) is 5. The maximum Gasteiger partial charge on any atom is 0.351 e. The van der Waals surface area contributed by atoms with Gasteiger partial charge in [-0.2, -0.15) is 4.81 Å². The first-order valence-electron chi connectivity index (χ1n) is 9.11. The van der Waals surface area contributed by atoms with Gasteiger partial charge >= 0.3 is 5.56 Å². The lowest BCUT2D eigenvalue weighted by Crippen LogP contribution is -2.23. The molecule has 0 spiro atoms. The van der Waals surface area contributed by atoms with Gasteiger partial charge in [0.15, 0.2) is 0 Å². The zero-order valence-corrected chi connectivity index (χ0v) is 15.4. The molecule has 0 N–H and O–H groups in total. The first-order valence-corrected chi connectivity index (χ1v) is 9.11. The summed E-state index contributed by atoms with van der Waals surface area (Å²) in [6.07, 6.45) is 0.567. The van der Waals surface area contributed by atoms with Crippen molar-refractivity contribution in [3.63, 3.8) is 0 Å². The lowest BCUT2D eigenvalue weighted by atomic mass is 10.2. The van der Waals surface area contributed by atoms with Gasteiger partial charge in [0, 0.05) is 6.42 Å². The van der Waals surface area contributed by atoms with Crippen LogP contribution in [0.4, 0.5) is 11.4 Å². The summed E-state index contributed by atoms with van der Waals surface area (Å²) in [4.78, 5) is 19.2. The van der Waals surface area contributed by atoms with Crippen LogP contribution in [0.5, 0.6) is 0 Å². The van der Waals surface area contributed by atoms with Gasteiger partial charge in [-0.15, -0.1) is 9.90 Å². The Morgan fingerprint density at radius 2 is 1.57 bits per heavy atom. The van der Waals surface area contributed by atoms with Gasteiger partial charge < -0.3 is 0 Å². The van der Waals surface area contributed by atoms with Gasteiger partial charge in [-0.25, -0.2) is 9.78 Å². The van der Waals surface area contributed by atoms with Crippen molar-refractivity contribution >= 4 is 22.3 Å². The van der Waals surface area contributed by atoms with Crippen LogP contribution in [-0.4, -0.2) is 14.5 Å². The monoisotopic (exact) mass is 369 g/mol. The third kappa shape index (κ3) is 3.53. The molecule has 28 heavy (non-hydrogen) atoms. The van der Waals surface area contributed by atoms with Crippen molar-refractivity contribution in [3.05, 3.63) is 107 Å². The Morgan fingerprint density at radius 1 is 0.929 bits per heavy atom. The molecule has 3 aromatic carbocycles. The third-order valence-corrected chi connectivity index (χ3v) is 4.26. The Hall–Kier alpha value is -3.80. The van der Waals surface area contributed by atoms with E-state index in [2.05, 4.69) is 15.6 Å². The normalized spacial score (nSPS) is 11.5. The molecule has 0 amide bonds. The summed E-state index contributed by atoms with van der Waals surface area (Å²) < 4.78 is 1.34. The zero-order valence-electron chi connectivity index (χ0n) is 15.4. The molecule has 0 aliphatic carbocycles. The Balaban J connectivity index is 1.91. The van der Waals surface area contributed by atoms with Crippen molar-refractivity contribution in [1.29, 1.82) is 0 Å². The summed E-state index contributed by atoms with van der Waals surface area (Å²) >= 11 is 0. The molecule has 0 saturated carbocycles. The smallest absolute Gasteiger partial charge is 0.272 e. The quantitative estimate of drug-likeness (QED) is 0.278. The minimum atomic E-state index is -0.216. The van der Waals surface area contributed by atoms with E-state index in [1.165, 1.54) is 9.48 Å². The molecule has 4 rings (SSSR count). The summed E-state index contributed by atoms with van der Waals surface area (Å²) in [6.45, 7) is 1.95. The highest BCUT2D eigenvalue weighted by atomic mass is 16.1. The van der Waals surface area contributed by atoms with Gasteiger partial charge in [-0.1, -0.05) is 67.6 Å². The Kier molecular flexibility index (Phi) is 4.93. The molecule has 0 atom stereocenters. The molecular weight excluding hydrogens is 350 g/mol. The van der Waals surface area contributed by atoms with Gasteiger partial charge in [0.05, 0.1) is 10.9 Å². The molecule has 0 bridgehead atoms. The van der Waals surface area contributed by atoms with Crippen molar-refractivity contribution < 1.29 is 4.81 Å². The van der Waals surface area contributed by atoms with Gasteiger partial charge in [-0.05, 0) is 30.0 Å². The minimum absolute atomic E-state index is 0.216. The van der Waals surface area contributed by atoms with Crippen molar-refractivity contribution in [2.24, 2.45) is 5.22 Å². The first kappa shape index (κ1) is 17.6. The van der Waals surface area contributed by atoms with E-state index < -0.39 is 0 Å². The number of hydrogen-bond acceptors (Lipinski definition) is 3. The van der Waals surface area contributed by atoms with E-state index in [0.29, 0.717) is 23.1 Å². The number of rotatable bonds is 5. The molecule has 0 fully saturated rings. The van der Waals surface area contributed by atoms with Crippen LogP contribution in [0.2, 0.25) is 0 Å². The van der Waals surface area contributed by atoms with E-state index in [1.54, 1.807) is 6.07 Å². The number of hydrogen-bond donors (Lipinski definition) is 0. The van der Waals surface area contributed by atoms with Crippen LogP contribution in [-0.2, 0) is 6.42 Å². The molecule has 6 heteroatoms. The number of aryl methyl sites for hydroxylation is 1. The highest BCUT2D eigenvalue weighted by Crippen LogP contribution is 2.24. The summed E-state index contributed by atoms with van der Waals surface area (Å²) in [5.74, 6) is 0.577. The molecule has 1 heterocycles. The van der Waals surface area contributed by atoms with Crippen molar-refractivity contribution in [2.45, 2.75) is 13.3 Å². The maximum absolute atomic E-state index is 13.1. The molecule has 1 aromatic heterocycles. The van der Waals surface area contributed by atoms with Gasteiger partial charge in [0.1, 0.15) is 5.69 Å². The SMILES string of the molecule is CCc1nc2ccccc2c(=O)n1N=[N+]([N-]c1ccccc1)c1ccccc1. The fourth-order valence-corrected chi connectivity index (χ4v) is 2.87. The highest BCUT2D eigenvalue weighted by Gasteiger charge is 2.13. The minimum Gasteiger partial charge on any atom is -0.272 e. The van der Waals surface area contributed by atoms with Crippen molar-refractivity contribution in [3.8, 4) is 0 Å². The molecule has 0 aliphatic rings. The number of benzene rings is 3. The van der Waals surface area contributed by atoms with Crippen LogP contribution >= 0.6 is 0 Å². The lowest BCUT2D eigenvalue weighted by Gasteiger charge is -2.16. The van der Waals surface area contributed by atoms with Crippen LogP contribution in [0.1, 0.15) is 12.7 Å². The number of fused-ring (bicyclic) bond motifs is 1. The summed E-state index contributed by atoms with van der Waals surface area (Å²) in [7, 11) is 0. The van der Waals surface area contributed by atoms with E-state index in [9.17, 15) is 4.79 Å². The van der Waals surface area contributed by atoms with Gasteiger partial charge in [0.2, 0.25) is 5.82 Å². The number of para-hydroxylation sites is 2. The average molecular weight is 369 g/mol. The molecule has 0 radical (unpaired) electrons. The summed E-state index contributed by atoms with van der Waals surface area (Å²) in [6, 6.07) is 26.3. The van der Waals surface area contributed by atoms with Crippen LogP contribution in [0.25, 0.3) is 16.3 Å². The fourth-order valence-electron chi connectivity index (χ4n) is 2.87. The van der Waals surface area contributed by atoms with E-state index in [1.807, 2.05) is 85.8 Å². The lowest BCUT2D eigenvalue weighted by molar-refractivity contribution is -0.463. The second-order valence-corrected chi connectivity index (χ2v) is 6.17. The number of aromatic nitrogens is 2. The molecular formula is C22H19N5O. The molecule has 0 unspecified atom stereocenters. The predicted molar refractivity (Wildman–Crippen MR) is 109 cm³/mol. The average Bonchev–Trinajstić information content (AvgIpc) is 2.76. The topological polar surface area (TPSA) is 64.4 Å². The van der Waals surface area contributed by atoms with Gasteiger partial charge in [0.25, 0.3) is 0 Å². The van der Waals surface area contributed by atoms with E-state index in [4.69, 9.17) is 0 Å². The molecule has 0 saturated heterocycles. The highest BCUT2D eigenvalue weighted by molar-refractivity contribution is 5.77. The maximum atomic E-state index is 13.1. The fraction of sp³-hybridized carbons (Fsp3) is 0.0909. The molecule has 0 aliphatic heterocycles. The van der Waals surface area contributed by atoms with Crippen molar-refractivity contribution in [2.75, 3.05) is 0 Å². The van der Waals surface area contributed by atoms with Crippen LogP contribution in [0.15, 0.2) is 94.9 Å². The van der Waals surface area contributed by atoms with Crippen LogP contribution < -0.4 is 5.56 Å².